The van der Waals surface area contributed by atoms with Crippen molar-refractivity contribution in [2.45, 2.75) is 13.8 Å². The highest BCUT2D eigenvalue weighted by molar-refractivity contribution is 6.30. The van der Waals surface area contributed by atoms with Gasteiger partial charge in [0.1, 0.15) is 5.82 Å². The molecule has 0 atom stereocenters. The molecule has 1 amide bonds. The number of hydrogen-bond acceptors (Lipinski definition) is 1. The first-order chi connectivity index (χ1) is 8.08. The quantitative estimate of drug-likeness (QED) is 0.756. The predicted octanol–water partition coefficient (Wildman–Crippen LogP) is 3.36. The first-order valence-electron chi connectivity index (χ1n) is 5.50. The van der Waals surface area contributed by atoms with E-state index in [0.29, 0.717) is 18.7 Å². The second-order valence-corrected chi connectivity index (χ2v) is 3.92. The first-order valence-corrected chi connectivity index (χ1v) is 5.88. The first kappa shape index (κ1) is 13.7. The predicted molar refractivity (Wildman–Crippen MR) is 68.4 cm³/mol. The molecule has 0 spiro atoms. The van der Waals surface area contributed by atoms with Crippen molar-refractivity contribution >= 4 is 23.6 Å². The number of benzene rings is 1. The zero-order valence-corrected chi connectivity index (χ0v) is 10.7. The molecule has 0 aliphatic heterocycles. The smallest absolute Gasteiger partial charge is 0.246 e. The fraction of sp³-hybridized carbons (Fsp3) is 0.308. The Hall–Kier alpha value is -1.35. The fourth-order valence-electron chi connectivity index (χ4n) is 1.42. The molecule has 0 radical (unpaired) electrons. The van der Waals surface area contributed by atoms with E-state index >= 15 is 0 Å². The Morgan fingerprint density at radius 2 is 2.06 bits per heavy atom. The van der Waals surface area contributed by atoms with Crippen LogP contribution in [-0.4, -0.2) is 23.9 Å². The maximum absolute atomic E-state index is 12.9. The summed E-state index contributed by atoms with van der Waals surface area (Å²) in [5.74, 6) is -0.519. The summed E-state index contributed by atoms with van der Waals surface area (Å²) in [6.45, 7) is 5.18. The molecule has 1 aromatic rings. The van der Waals surface area contributed by atoms with Crippen LogP contribution >= 0.6 is 11.6 Å². The van der Waals surface area contributed by atoms with E-state index in [-0.39, 0.29) is 10.9 Å². The average Bonchev–Trinajstić information content (AvgIpc) is 2.32. The molecule has 1 rings (SSSR count). The van der Waals surface area contributed by atoms with Crippen molar-refractivity contribution in [3.05, 3.63) is 40.7 Å². The van der Waals surface area contributed by atoms with Gasteiger partial charge in [0.2, 0.25) is 5.91 Å². The Kier molecular flexibility index (Phi) is 5.16. The SMILES string of the molecule is CCN(CC)C(=O)/C=C/c1ccc(F)c(Cl)c1. The number of amides is 1. The van der Waals surface area contributed by atoms with Crippen LogP contribution in [0.2, 0.25) is 5.02 Å². The molecule has 92 valence electrons. The number of halogens is 2. The Morgan fingerprint density at radius 3 is 2.59 bits per heavy atom. The van der Waals surface area contributed by atoms with E-state index in [9.17, 15) is 9.18 Å². The van der Waals surface area contributed by atoms with Crippen molar-refractivity contribution in [2.24, 2.45) is 0 Å². The largest absolute Gasteiger partial charge is 0.340 e. The van der Waals surface area contributed by atoms with Crippen molar-refractivity contribution in [1.82, 2.24) is 4.90 Å². The van der Waals surface area contributed by atoms with E-state index in [1.165, 1.54) is 18.2 Å². The van der Waals surface area contributed by atoms with Gasteiger partial charge in [-0.3, -0.25) is 4.79 Å². The monoisotopic (exact) mass is 255 g/mol. The third-order valence-electron chi connectivity index (χ3n) is 2.44. The van der Waals surface area contributed by atoms with Crippen LogP contribution < -0.4 is 0 Å². The van der Waals surface area contributed by atoms with Crippen LogP contribution in [0, 0.1) is 5.82 Å². The van der Waals surface area contributed by atoms with E-state index in [2.05, 4.69) is 0 Å². The molecule has 17 heavy (non-hydrogen) atoms. The Morgan fingerprint density at radius 1 is 1.41 bits per heavy atom. The average molecular weight is 256 g/mol. The molecule has 0 unspecified atom stereocenters. The number of likely N-dealkylation sites (N-methyl/N-ethyl adjacent to an activating group) is 1. The minimum absolute atomic E-state index is 0.0578. The van der Waals surface area contributed by atoms with E-state index in [0.717, 1.165) is 0 Å². The lowest BCUT2D eigenvalue weighted by atomic mass is 10.2. The highest BCUT2D eigenvalue weighted by atomic mass is 35.5. The van der Waals surface area contributed by atoms with Crippen LogP contribution in [-0.2, 0) is 4.79 Å². The Balaban J connectivity index is 2.76. The van der Waals surface area contributed by atoms with Gasteiger partial charge in [-0.2, -0.15) is 0 Å². The number of nitrogens with zero attached hydrogens (tertiary/aromatic N) is 1. The molecule has 2 nitrogen and oxygen atoms in total. The summed E-state index contributed by atoms with van der Waals surface area (Å²) in [4.78, 5) is 13.4. The van der Waals surface area contributed by atoms with E-state index in [1.807, 2.05) is 13.8 Å². The van der Waals surface area contributed by atoms with Gasteiger partial charge in [0.15, 0.2) is 0 Å². The molecular weight excluding hydrogens is 241 g/mol. The zero-order chi connectivity index (χ0) is 12.8. The molecule has 0 fully saturated rings. The highest BCUT2D eigenvalue weighted by Crippen LogP contribution is 2.16. The van der Waals surface area contributed by atoms with Crippen LogP contribution in [0.4, 0.5) is 4.39 Å². The summed E-state index contributed by atoms with van der Waals surface area (Å²) in [5, 5.41) is 0.0578. The Bertz CT molecular complexity index is 427. The number of carbonyl (C=O) groups is 1. The molecular formula is C13H15ClFNO. The van der Waals surface area contributed by atoms with Gasteiger partial charge in [-0.1, -0.05) is 17.7 Å². The third kappa shape index (κ3) is 3.86. The minimum Gasteiger partial charge on any atom is -0.340 e. The summed E-state index contributed by atoms with van der Waals surface area (Å²) < 4.78 is 12.9. The van der Waals surface area contributed by atoms with Crippen LogP contribution in [0.3, 0.4) is 0 Å². The number of rotatable bonds is 4. The van der Waals surface area contributed by atoms with Crippen molar-refractivity contribution in [1.29, 1.82) is 0 Å². The van der Waals surface area contributed by atoms with Crippen LogP contribution in [0.5, 0.6) is 0 Å². The second kappa shape index (κ2) is 6.40. The summed E-state index contributed by atoms with van der Waals surface area (Å²) in [6, 6.07) is 4.35. The second-order valence-electron chi connectivity index (χ2n) is 3.52. The molecule has 0 aliphatic rings. The molecule has 0 saturated carbocycles. The lowest BCUT2D eigenvalue weighted by Gasteiger charge is -2.15. The minimum atomic E-state index is -0.459. The van der Waals surface area contributed by atoms with E-state index in [1.54, 1.807) is 17.0 Å². The lowest BCUT2D eigenvalue weighted by molar-refractivity contribution is -0.125. The molecule has 0 heterocycles. The van der Waals surface area contributed by atoms with Gasteiger partial charge < -0.3 is 4.90 Å². The summed E-state index contributed by atoms with van der Waals surface area (Å²) in [5.41, 5.74) is 0.705. The topological polar surface area (TPSA) is 20.3 Å². The van der Waals surface area contributed by atoms with Gasteiger partial charge in [-0.25, -0.2) is 4.39 Å². The molecule has 0 aromatic heterocycles. The van der Waals surface area contributed by atoms with Gasteiger partial charge in [0, 0.05) is 19.2 Å². The number of hydrogen-bond donors (Lipinski definition) is 0. The number of carbonyl (C=O) groups excluding carboxylic acids is 1. The van der Waals surface area contributed by atoms with Crippen molar-refractivity contribution in [3.8, 4) is 0 Å². The zero-order valence-electron chi connectivity index (χ0n) is 9.91. The van der Waals surface area contributed by atoms with E-state index in [4.69, 9.17) is 11.6 Å². The molecule has 0 saturated heterocycles. The fourth-order valence-corrected chi connectivity index (χ4v) is 1.61. The molecule has 0 aliphatic carbocycles. The van der Waals surface area contributed by atoms with Crippen molar-refractivity contribution in [3.63, 3.8) is 0 Å². The molecule has 0 N–H and O–H groups in total. The van der Waals surface area contributed by atoms with Gasteiger partial charge >= 0.3 is 0 Å². The van der Waals surface area contributed by atoms with Gasteiger partial charge in [0.25, 0.3) is 0 Å². The summed E-state index contributed by atoms with van der Waals surface area (Å²) >= 11 is 5.64. The molecule has 1 aromatic carbocycles. The van der Waals surface area contributed by atoms with Crippen LogP contribution in [0.15, 0.2) is 24.3 Å². The molecule has 4 heteroatoms. The highest BCUT2D eigenvalue weighted by Gasteiger charge is 2.05. The Labute approximate surface area is 106 Å². The summed E-state index contributed by atoms with van der Waals surface area (Å²) in [7, 11) is 0. The van der Waals surface area contributed by atoms with Gasteiger partial charge in [-0.15, -0.1) is 0 Å². The van der Waals surface area contributed by atoms with Crippen molar-refractivity contribution in [2.75, 3.05) is 13.1 Å². The lowest BCUT2D eigenvalue weighted by Crippen LogP contribution is -2.28. The van der Waals surface area contributed by atoms with Crippen LogP contribution in [0.25, 0.3) is 6.08 Å². The normalized spacial score (nSPS) is 10.8. The maximum atomic E-state index is 12.9. The van der Waals surface area contributed by atoms with Gasteiger partial charge in [0.05, 0.1) is 5.02 Å². The third-order valence-corrected chi connectivity index (χ3v) is 2.73. The maximum Gasteiger partial charge on any atom is 0.246 e. The summed E-state index contributed by atoms with van der Waals surface area (Å²) in [6.07, 6.45) is 3.10. The van der Waals surface area contributed by atoms with Crippen LogP contribution in [0.1, 0.15) is 19.4 Å². The van der Waals surface area contributed by atoms with Gasteiger partial charge in [-0.05, 0) is 37.6 Å². The van der Waals surface area contributed by atoms with E-state index < -0.39 is 5.82 Å². The molecule has 0 bridgehead atoms. The van der Waals surface area contributed by atoms with Crippen molar-refractivity contribution < 1.29 is 9.18 Å². The standard InChI is InChI=1S/C13H15ClFNO/c1-3-16(4-2)13(17)8-6-10-5-7-12(15)11(14)9-10/h5-9H,3-4H2,1-2H3/b8-6+.